The van der Waals surface area contributed by atoms with Gasteiger partial charge in [0.15, 0.2) is 0 Å². The molecule has 0 amide bonds. The maximum atomic E-state index is 12.8. The number of nitrogens with zero attached hydrogens (tertiary/aromatic N) is 1. The molecule has 0 atom stereocenters. The van der Waals surface area contributed by atoms with Gasteiger partial charge in [-0.1, -0.05) is 37.6 Å². The van der Waals surface area contributed by atoms with E-state index in [1.807, 2.05) is 30.3 Å². The van der Waals surface area contributed by atoms with Crippen molar-refractivity contribution in [3.8, 4) is 0 Å². The lowest BCUT2D eigenvalue weighted by Crippen LogP contribution is -2.36. The van der Waals surface area contributed by atoms with E-state index in [0.717, 1.165) is 37.2 Å². The standard InChI is InChI=1S/C19H24N2O3S/c1-2-5-16-8-10-17(11-9-16)25(22,23)20-18-6-3-4-7-19(18)21-12-14-24-15-13-21/h3-4,6-11,20H,2,5,12-15H2,1H3. The molecule has 3 rings (SSSR count). The summed E-state index contributed by atoms with van der Waals surface area (Å²) in [6.07, 6.45) is 1.99. The van der Waals surface area contributed by atoms with Crippen molar-refractivity contribution >= 4 is 21.4 Å². The molecule has 1 saturated heterocycles. The minimum absolute atomic E-state index is 0.282. The minimum Gasteiger partial charge on any atom is -0.378 e. The molecule has 0 bridgehead atoms. The van der Waals surface area contributed by atoms with Gasteiger partial charge in [-0.2, -0.15) is 0 Å². The largest absolute Gasteiger partial charge is 0.378 e. The van der Waals surface area contributed by atoms with Gasteiger partial charge in [0.25, 0.3) is 10.0 Å². The monoisotopic (exact) mass is 360 g/mol. The Balaban J connectivity index is 1.83. The highest BCUT2D eigenvalue weighted by molar-refractivity contribution is 7.92. The predicted octanol–water partition coefficient (Wildman–Crippen LogP) is 3.28. The third kappa shape index (κ3) is 4.32. The highest BCUT2D eigenvalue weighted by atomic mass is 32.2. The van der Waals surface area contributed by atoms with Crippen molar-refractivity contribution in [3.05, 3.63) is 54.1 Å². The van der Waals surface area contributed by atoms with Crippen molar-refractivity contribution < 1.29 is 13.2 Å². The van der Waals surface area contributed by atoms with Gasteiger partial charge in [0, 0.05) is 13.1 Å². The summed E-state index contributed by atoms with van der Waals surface area (Å²) in [6, 6.07) is 14.6. The third-order valence-electron chi connectivity index (χ3n) is 4.27. The van der Waals surface area contributed by atoms with Gasteiger partial charge in [0.1, 0.15) is 0 Å². The van der Waals surface area contributed by atoms with Crippen molar-refractivity contribution in [2.45, 2.75) is 24.7 Å². The lowest BCUT2D eigenvalue weighted by Gasteiger charge is -2.30. The second-order valence-corrected chi connectivity index (χ2v) is 7.80. The second-order valence-electron chi connectivity index (χ2n) is 6.12. The Morgan fingerprint density at radius 2 is 1.72 bits per heavy atom. The summed E-state index contributed by atoms with van der Waals surface area (Å²) >= 11 is 0. The normalized spacial score (nSPS) is 15.2. The molecule has 0 radical (unpaired) electrons. The molecule has 25 heavy (non-hydrogen) atoms. The van der Waals surface area contributed by atoms with E-state index in [2.05, 4.69) is 16.5 Å². The molecule has 1 N–H and O–H groups in total. The molecular weight excluding hydrogens is 336 g/mol. The van der Waals surface area contributed by atoms with Crippen LogP contribution in [0.15, 0.2) is 53.4 Å². The molecule has 0 aromatic heterocycles. The SMILES string of the molecule is CCCc1ccc(S(=O)(=O)Nc2ccccc2N2CCOCC2)cc1. The quantitative estimate of drug-likeness (QED) is 0.859. The molecule has 1 heterocycles. The first-order valence-corrected chi connectivity index (χ1v) is 10.1. The number of rotatable bonds is 6. The average Bonchev–Trinajstić information content (AvgIpc) is 2.63. The van der Waals surface area contributed by atoms with Gasteiger partial charge in [0.2, 0.25) is 0 Å². The van der Waals surface area contributed by atoms with E-state index in [0.29, 0.717) is 18.9 Å². The topological polar surface area (TPSA) is 58.6 Å². The smallest absolute Gasteiger partial charge is 0.261 e. The summed E-state index contributed by atoms with van der Waals surface area (Å²) < 4.78 is 33.6. The molecule has 0 spiro atoms. The Bertz CT molecular complexity index is 798. The molecule has 0 saturated carbocycles. The van der Waals surface area contributed by atoms with Gasteiger partial charge in [-0.25, -0.2) is 8.42 Å². The van der Waals surface area contributed by atoms with Crippen LogP contribution in [0.5, 0.6) is 0 Å². The first kappa shape index (κ1) is 17.8. The summed E-state index contributed by atoms with van der Waals surface area (Å²) in [6.45, 7) is 4.92. The van der Waals surface area contributed by atoms with Crippen LogP contribution in [0, 0.1) is 0 Å². The number of para-hydroxylation sites is 2. The van der Waals surface area contributed by atoms with Crippen molar-refractivity contribution in [2.75, 3.05) is 35.9 Å². The van der Waals surface area contributed by atoms with Crippen LogP contribution in [-0.4, -0.2) is 34.7 Å². The van der Waals surface area contributed by atoms with Crippen LogP contribution < -0.4 is 9.62 Å². The zero-order valence-corrected chi connectivity index (χ0v) is 15.3. The molecule has 1 aliphatic rings. The van der Waals surface area contributed by atoms with Crippen molar-refractivity contribution in [3.63, 3.8) is 0 Å². The van der Waals surface area contributed by atoms with E-state index in [-0.39, 0.29) is 4.90 Å². The number of hydrogen-bond donors (Lipinski definition) is 1. The average molecular weight is 360 g/mol. The first-order chi connectivity index (χ1) is 12.1. The third-order valence-corrected chi connectivity index (χ3v) is 5.65. The molecule has 0 unspecified atom stereocenters. The summed E-state index contributed by atoms with van der Waals surface area (Å²) in [5.41, 5.74) is 2.63. The highest BCUT2D eigenvalue weighted by Gasteiger charge is 2.19. The lowest BCUT2D eigenvalue weighted by molar-refractivity contribution is 0.123. The predicted molar refractivity (Wildman–Crippen MR) is 101 cm³/mol. The van der Waals surface area contributed by atoms with Crippen LogP contribution in [0.4, 0.5) is 11.4 Å². The second kappa shape index (κ2) is 7.89. The molecular formula is C19H24N2O3S. The van der Waals surface area contributed by atoms with E-state index in [1.54, 1.807) is 18.2 Å². The van der Waals surface area contributed by atoms with Gasteiger partial charge >= 0.3 is 0 Å². The Hall–Kier alpha value is -2.05. The molecule has 1 aliphatic heterocycles. The number of aryl methyl sites for hydroxylation is 1. The van der Waals surface area contributed by atoms with Crippen LogP contribution in [0.1, 0.15) is 18.9 Å². The number of sulfonamides is 1. The van der Waals surface area contributed by atoms with Crippen LogP contribution in [0.3, 0.4) is 0 Å². The fourth-order valence-corrected chi connectivity index (χ4v) is 4.04. The van der Waals surface area contributed by atoms with Crippen LogP contribution in [0.25, 0.3) is 0 Å². The van der Waals surface area contributed by atoms with E-state index >= 15 is 0 Å². The molecule has 2 aromatic carbocycles. The number of nitrogens with one attached hydrogen (secondary N) is 1. The van der Waals surface area contributed by atoms with Crippen molar-refractivity contribution in [1.29, 1.82) is 0 Å². The molecule has 1 fully saturated rings. The van der Waals surface area contributed by atoms with Gasteiger partial charge in [-0.05, 0) is 36.2 Å². The van der Waals surface area contributed by atoms with Crippen LogP contribution in [-0.2, 0) is 21.2 Å². The molecule has 134 valence electrons. The number of hydrogen-bond acceptors (Lipinski definition) is 4. The van der Waals surface area contributed by atoms with E-state index < -0.39 is 10.0 Å². The Kier molecular flexibility index (Phi) is 5.60. The molecule has 2 aromatic rings. The first-order valence-electron chi connectivity index (χ1n) is 8.63. The number of ether oxygens (including phenoxy) is 1. The molecule has 6 heteroatoms. The molecule has 0 aliphatic carbocycles. The minimum atomic E-state index is -3.61. The van der Waals surface area contributed by atoms with E-state index in [1.165, 1.54) is 0 Å². The van der Waals surface area contributed by atoms with E-state index in [9.17, 15) is 8.42 Å². The van der Waals surface area contributed by atoms with Gasteiger partial charge in [-0.3, -0.25) is 4.72 Å². The summed E-state index contributed by atoms with van der Waals surface area (Å²) in [7, 11) is -3.61. The fourth-order valence-electron chi connectivity index (χ4n) is 2.97. The number of anilines is 2. The number of morpholine rings is 1. The summed E-state index contributed by atoms with van der Waals surface area (Å²) in [5, 5.41) is 0. The summed E-state index contributed by atoms with van der Waals surface area (Å²) in [5.74, 6) is 0. The van der Waals surface area contributed by atoms with Crippen LogP contribution in [0.2, 0.25) is 0 Å². The van der Waals surface area contributed by atoms with E-state index in [4.69, 9.17) is 4.74 Å². The zero-order chi connectivity index (χ0) is 17.7. The maximum Gasteiger partial charge on any atom is 0.261 e. The van der Waals surface area contributed by atoms with Gasteiger partial charge < -0.3 is 9.64 Å². The summed E-state index contributed by atoms with van der Waals surface area (Å²) in [4.78, 5) is 2.43. The fraction of sp³-hybridized carbons (Fsp3) is 0.368. The Labute approximate surface area is 149 Å². The zero-order valence-electron chi connectivity index (χ0n) is 14.4. The number of benzene rings is 2. The van der Waals surface area contributed by atoms with Crippen molar-refractivity contribution in [2.24, 2.45) is 0 Å². The van der Waals surface area contributed by atoms with Gasteiger partial charge in [-0.15, -0.1) is 0 Å². The van der Waals surface area contributed by atoms with Gasteiger partial charge in [0.05, 0.1) is 29.5 Å². The van der Waals surface area contributed by atoms with Crippen molar-refractivity contribution in [1.82, 2.24) is 0 Å². The molecule has 5 nitrogen and oxygen atoms in total. The lowest BCUT2D eigenvalue weighted by atomic mass is 10.1. The Morgan fingerprint density at radius 1 is 1.04 bits per heavy atom. The highest BCUT2D eigenvalue weighted by Crippen LogP contribution is 2.28. The van der Waals surface area contributed by atoms with Crippen LogP contribution >= 0.6 is 0 Å². The maximum absolute atomic E-state index is 12.8. The Morgan fingerprint density at radius 3 is 2.40 bits per heavy atom.